The summed E-state index contributed by atoms with van der Waals surface area (Å²) in [4.78, 5) is 28.0. The van der Waals surface area contributed by atoms with Gasteiger partial charge in [0.1, 0.15) is 0 Å². The number of likely N-dealkylation sites (N-methyl/N-ethyl adjacent to an activating group) is 1. The van der Waals surface area contributed by atoms with Gasteiger partial charge in [-0.25, -0.2) is 0 Å². The fraction of sp³-hybridized carbons (Fsp3) is 0.261. The molecule has 1 aliphatic rings. The van der Waals surface area contributed by atoms with Gasteiger partial charge in [0.05, 0.1) is 11.6 Å². The summed E-state index contributed by atoms with van der Waals surface area (Å²) in [7, 11) is 1.78. The second-order valence-corrected chi connectivity index (χ2v) is 7.51. The van der Waals surface area contributed by atoms with Gasteiger partial charge >= 0.3 is 0 Å². The van der Waals surface area contributed by atoms with Crippen LogP contribution in [0.4, 0.5) is 5.69 Å². The molecule has 1 aromatic heterocycles. The molecule has 4 rings (SSSR count). The first-order chi connectivity index (χ1) is 14.1. The molecule has 0 unspecified atom stereocenters. The van der Waals surface area contributed by atoms with E-state index in [9.17, 15) is 9.59 Å². The molecule has 3 aromatic rings. The Balaban J connectivity index is 1.59. The van der Waals surface area contributed by atoms with E-state index >= 15 is 0 Å². The normalized spacial score (nSPS) is 18.0. The average molecular weight is 388 g/mol. The van der Waals surface area contributed by atoms with Gasteiger partial charge in [0.25, 0.3) is 0 Å². The lowest BCUT2D eigenvalue weighted by atomic mass is 9.73. The van der Waals surface area contributed by atoms with E-state index in [0.29, 0.717) is 19.4 Å². The fourth-order valence-electron chi connectivity index (χ4n) is 4.16. The zero-order chi connectivity index (χ0) is 20.3. The van der Waals surface area contributed by atoms with Crippen molar-refractivity contribution in [2.75, 3.05) is 18.5 Å². The van der Waals surface area contributed by atoms with Crippen LogP contribution in [0, 0.1) is 0 Å². The van der Waals surface area contributed by atoms with Crippen LogP contribution in [0.5, 0.6) is 0 Å². The smallest absolute Gasteiger partial charge is 0.238 e. The molecule has 0 fully saturated rings. The van der Waals surface area contributed by atoms with Crippen LogP contribution < -0.4 is 10.2 Å². The lowest BCUT2D eigenvalue weighted by Crippen LogP contribution is -2.44. The van der Waals surface area contributed by atoms with Crippen LogP contribution in [0.2, 0.25) is 0 Å². The summed E-state index contributed by atoms with van der Waals surface area (Å²) in [5, 5.41) is 9.66. The first kappa shape index (κ1) is 18.9. The summed E-state index contributed by atoms with van der Waals surface area (Å²) >= 11 is 0. The topological polar surface area (TPSA) is 78.1 Å². The number of nitrogens with zero attached hydrogens (tertiary/aromatic N) is 2. The third-order valence-electron chi connectivity index (χ3n) is 5.60. The molecule has 0 saturated carbocycles. The number of anilines is 1. The Morgan fingerprint density at radius 3 is 2.62 bits per heavy atom. The summed E-state index contributed by atoms with van der Waals surface area (Å²) in [5.74, 6) is -0.157. The van der Waals surface area contributed by atoms with Crippen molar-refractivity contribution in [3.8, 4) is 0 Å². The Bertz CT molecular complexity index is 1000. The Labute approximate surface area is 169 Å². The first-order valence-electron chi connectivity index (χ1n) is 9.76. The van der Waals surface area contributed by atoms with Gasteiger partial charge in [-0.3, -0.25) is 14.7 Å². The number of H-pyrrole nitrogens is 1. The molecule has 0 radical (unpaired) electrons. The Morgan fingerprint density at radius 1 is 1.10 bits per heavy atom. The number of hydrogen-bond acceptors (Lipinski definition) is 3. The number of rotatable bonds is 7. The predicted octanol–water partition coefficient (Wildman–Crippen LogP) is 2.62. The SMILES string of the molecule is CN1C(=O)[C@@](CC(=O)NCCc2cn[nH]c2)(Cc2ccccc2)c2ccccc21. The van der Waals surface area contributed by atoms with E-state index in [1.807, 2.05) is 60.8 Å². The van der Waals surface area contributed by atoms with Crippen molar-refractivity contribution < 1.29 is 9.59 Å². The average Bonchev–Trinajstić information content (AvgIpc) is 3.32. The zero-order valence-corrected chi connectivity index (χ0v) is 16.4. The van der Waals surface area contributed by atoms with E-state index in [-0.39, 0.29) is 18.2 Å². The molecule has 148 valence electrons. The van der Waals surface area contributed by atoms with Gasteiger partial charge < -0.3 is 10.2 Å². The number of benzene rings is 2. The lowest BCUT2D eigenvalue weighted by Gasteiger charge is -2.28. The van der Waals surface area contributed by atoms with Crippen molar-refractivity contribution in [1.82, 2.24) is 15.5 Å². The van der Waals surface area contributed by atoms with E-state index in [2.05, 4.69) is 15.5 Å². The number of carbonyl (C=O) groups is 2. The summed E-state index contributed by atoms with van der Waals surface area (Å²) < 4.78 is 0. The van der Waals surface area contributed by atoms with Gasteiger partial charge in [0.15, 0.2) is 0 Å². The standard InChI is InChI=1S/C23H24N4O2/c1-27-20-10-6-5-9-19(20)23(22(27)29,13-17-7-3-2-4-8-17)14-21(28)24-12-11-18-15-25-26-16-18/h2-10,15-16H,11-14H2,1H3,(H,24,28)(H,25,26)/t23-/m1/s1. The molecule has 0 spiro atoms. The van der Waals surface area contributed by atoms with E-state index in [1.54, 1.807) is 18.1 Å². The van der Waals surface area contributed by atoms with Crippen LogP contribution in [0.15, 0.2) is 67.0 Å². The number of nitrogens with one attached hydrogen (secondary N) is 2. The maximum atomic E-state index is 13.4. The Hall–Kier alpha value is -3.41. The minimum Gasteiger partial charge on any atom is -0.356 e. The van der Waals surface area contributed by atoms with Crippen LogP contribution in [0.3, 0.4) is 0 Å². The van der Waals surface area contributed by atoms with E-state index < -0.39 is 5.41 Å². The van der Waals surface area contributed by atoms with Crippen molar-refractivity contribution in [1.29, 1.82) is 0 Å². The molecule has 2 heterocycles. The molecule has 2 N–H and O–H groups in total. The maximum Gasteiger partial charge on any atom is 0.238 e. The molecular formula is C23H24N4O2. The lowest BCUT2D eigenvalue weighted by molar-refractivity contribution is -0.129. The van der Waals surface area contributed by atoms with Crippen LogP contribution in [0.1, 0.15) is 23.1 Å². The van der Waals surface area contributed by atoms with Crippen LogP contribution in [-0.4, -0.2) is 35.6 Å². The number of aromatic nitrogens is 2. The van der Waals surface area contributed by atoms with E-state index in [1.165, 1.54) is 0 Å². The molecule has 6 heteroatoms. The zero-order valence-electron chi connectivity index (χ0n) is 16.4. The number of hydrogen-bond donors (Lipinski definition) is 2. The van der Waals surface area contributed by atoms with Gasteiger partial charge in [0.2, 0.25) is 11.8 Å². The van der Waals surface area contributed by atoms with Gasteiger partial charge in [-0.2, -0.15) is 5.10 Å². The van der Waals surface area contributed by atoms with Crippen molar-refractivity contribution in [3.05, 3.63) is 83.7 Å². The highest BCUT2D eigenvalue weighted by molar-refractivity contribution is 6.09. The molecule has 6 nitrogen and oxygen atoms in total. The highest BCUT2D eigenvalue weighted by atomic mass is 16.2. The largest absolute Gasteiger partial charge is 0.356 e. The molecule has 0 saturated heterocycles. The molecule has 0 aliphatic carbocycles. The summed E-state index contributed by atoms with van der Waals surface area (Å²) in [5.41, 5.74) is 2.97. The molecule has 29 heavy (non-hydrogen) atoms. The molecule has 0 bridgehead atoms. The number of aromatic amines is 1. The quantitative estimate of drug-likeness (QED) is 0.653. The number of carbonyl (C=O) groups excluding carboxylic acids is 2. The van der Waals surface area contributed by atoms with Gasteiger partial charge in [-0.05, 0) is 35.6 Å². The van der Waals surface area contributed by atoms with E-state index in [0.717, 1.165) is 22.4 Å². The third kappa shape index (κ3) is 3.66. The minimum absolute atomic E-state index is 0.0347. The van der Waals surface area contributed by atoms with Crippen molar-refractivity contribution >= 4 is 17.5 Å². The van der Waals surface area contributed by atoms with Crippen molar-refractivity contribution in [2.24, 2.45) is 0 Å². The monoisotopic (exact) mass is 388 g/mol. The molecule has 1 atom stereocenters. The van der Waals surface area contributed by atoms with Crippen LogP contribution in [-0.2, 0) is 27.8 Å². The summed E-state index contributed by atoms with van der Waals surface area (Å²) in [6.45, 7) is 0.505. The van der Waals surface area contributed by atoms with Gasteiger partial charge in [-0.15, -0.1) is 0 Å². The Kier molecular flexibility index (Phi) is 5.16. The Morgan fingerprint density at radius 2 is 1.86 bits per heavy atom. The maximum absolute atomic E-state index is 13.4. The predicted molar refractivity (Wildman–Crippen MR) is 112 cm³/mol. The molecular weight excluding hydrogens is 364 g/mol. The third-order valence-corrected chi connectivity index (χ3v) is 5.60. The van der Waals surface area contributed by atoms with Crippen LogP contribution >= 0.6 is 0 Å². The molecule has 1 aliphatic heterocycles. The number of fused-ring (bicyclic) bond motifs is 1. The number of amides is 2. The first-order valence-corrected chi connectivity index (χ1v) is 9.76. The highest BCUT2D eigenvalue weighted by Crippen LogP contribution is 2.45. The van der Waals surface area contributed by atoms with Crippen molar-refractivity contribution in [3.63, 3.8) is 0 Å². The van der Waals surface area contributed by atoms with Crippen molar-refractivity contribution in [2.45, 2.75) is 24.7 Å². The second-order valence-electron chi connectivity index (χ2n) is 7.51. The minimum atomic E-state index is -0.896. The summed E-state index contributed by atoms with van der Waals surface area (Å²) in [6, 6.07) is 17.7. The molecule has 2 aromatic carbocycles. The second kappa shape index (κ2) is 7.91. The van der Waals surface area contributed by atoms with Gasteiger partial charge in [-0.1, -0.05) is 48.5 Å². The fourth-order valence-corrected chi connectivity index (χ4v) is 4.16. The summed E-state index contributed by atoms with van der Waals surface area (Å²) in [6.07, 6.45) is 4.86. The van der Waals surface area contributed by atoms with Gasteiger partial charge in [0, 0.05) is 31.9 Å². The molecule has 2 amide bonds. The highest BCUT2D eigenvalue weighted by Gasteiger charge is 2.50. The van der Waals surface area contributed by atoms with Crippen LogP contribution in [0.25, 0.3) is 0 Å². The van der Waals surface area contributed by atoms with E-state index in [4.69, 9.17) is 0 Å². The number of para-hydroxylation sites is 1.